The molecule has 2 aliphatic rings. The van der Waals surface area contributed by atoms with Gasteiger partial charge in [0.05, 0.1) is 6.10 Å². The van der Waals surface area contributed by atoms with Gasteiger partial charge < -0.3 is 10.1 Å². The van der Waals surface area contributed by atoms with Crippen molar-refractivity contribution in [1.29, 1.82) is 0 Å². The Morgan fingerprint density at radius 3 is 2.57 bits per heavy atom. The normalized spacial score (nSPS) is 36.0. The molecule has 1 aliphatic carbocycles. The first-order valence-electron chi connectivity index (χ1n) is 6.02. The number of ether oxygens (including phenoxy) is 1. The predicted octanol–water partition coefficient (Wildman–Crippen LogP) is 2.33. The summed E-state index contributed by atoms with van der Waals surface area (Å²) in [6, 6.07) is 0.698. The molecule has 1 aliphatic heterocycles. The third-order valence-corrected chi connectivity index (χ3v) is 3.87. The van der Waals surface area contributed by atoms with Crippen molar-refractivity contribution in [3.8, 4) is 0 Å². The van der Waals surface area contributed by atoms with E-state index in [1.807, 2.05) is 0 Å². The molecular weight excluding hydrogens is 174 g/mol. The van der Waals surface area contributed by atoms with Crippen LogP contribution in [0.3, 0.4) is 0 Å². The van der Waals surface area contributed by atoms with Crippen LogP contribution < -0.4 is 5.32 Å². The van der Waals surface area contributed by atoms with Gasteiger partial charge >= 0.3 is 0 Å². The number of rotatable bonds is 3. The lowest BCUT2D eigenvalue weighted by Crippen LogP contribution is -2.47. The highest BCUT2D eigenvalue weighted by molar-refractivity contribution is 5.05. The van der Waals surface area contributed by atoms with Crippen molar-refractivity contribution in [1.82, 2.24) is 5.32 Å². The standard InChI is InChI=1S/C12H23NO/c1-9(2)12(5-6-12)13-11-4-7-14-10(3)8-11/h9-11,13H,4-8H2,1-3H3. The zero-order valence-electron chi connectivity index (χ0n) is 9.68. The largest absolute Gasteiger partial charge is 0.378 e. The van der Waals surface area contributed by atoms with E-state index in [0.717, 1.165) is 12.5 Å². The first-order valence-corrected chi connectivity index (χ1v) is 6.02. The highest BCUT2D eigenvalue weighted by Crippen LogP contribution is 2.43. The molecule has 2 rings (SSSR count). The van der Waals surface area contributed by atoms with Crippen LogP contribution in [-0.2, 0) is 4.74 Å². The molecule has 0 radical (unpaired) electrons. The van der Waals surface area contributed by atoms with Crippen molar-refractivity contribution in [2.45, 2.75) is 64.1 Å². The van der Waals surface area contributed by atoms with Crippen LogP contribution in [0.15, 0.2) is 0 Å². The monoisotopic (exact) mass is 197 g/mol. The summed E-state index contributed by atoms with van der Waals surface area (Å²) < 4.78 is 5.56. The van der Waals surface area contributed by atoms with E-state index in [9.17, 15) is 0 Å². The lowest BCUT2D eigenvalue weighted by atomic mass is 9.97. The second-order valence-corrected chi connectivity index (χ2v) is 5.36. The topological polar surface area (TPSA) is 21.3 Å². The van der Waals surface area contributed by atoms with Crippen LogP contribution in [0.5, 0.6) is 0 Å². The van der Waals surface area contributed by atoms with E-state index in [1.165, 1.54) is 25.7 Å². The third-order valence-electron chi connectivity index (χ3n) is 3.87. The molecule has 2 heteroatoms. The summed E-state index contributed by atoms with van der Waals surface area (Å²) in [5, 5.41) is 3.86. The van der Waals surface area contributed by atoms with Gasteiger partial charge in [0.15, 0.2) is 0 Å². The molecule has 2 unspecified atom stereocenters. The Kier molecular flexibility index (Phi) is 2.85. The average Bonchev–Trinajstić information content (AvgIpc) is 2.85. The summed E-state index contributed by atoms with van der Waals surface area (Å²) in [5.74, 6) is 0.778. The fourth-order valence-electron chi connectivity index (χ4n) is 2.56. The maximum atomic E-state index is 5.56. The van der Waals surface area contributed by atoms with Gasteiger partial charge in [0.1, 0.15) is 0 Å². The molecule has 14 heavy (non-hydrogen) atoms. The van der Waals surface area contributed by atoms with Crippen LogP contribution in [0, 0.1) is 5.92 Å². The SMILES string of the molecule is CC1CC(NC2(C(C)C)CC2)CCO1. The molecule has 0 aromatic rings. The average molecular weight is 197 g/mol. The second kappa shape index (κ2) is 3.82. The van der Waals surface area contributed by atoms with Gasteiger partial charge in [-0.1, -0.05) is 13.8 Å². The smallest absolute Gasteiger partial charge is 0.0561 e. The van der Waals surface area contributed by atoms with Gasteiger partial charge in [-0.15, -0.1) is 0 Å². The summed E-state index contributed by atoms with van der Waals surface area (Å²) in [6.07, 6.45) is 5.57. The lowest BCUT2D eigenvalue weighted by Gasteiger charge is -2.33. The van der Waals surface area contributed by atoms with Crippen LogP contribution >= 0.6 is 0 Å². The first-order chi connectivity index (χ1) is 6.62. The van der Waals surface area contributed by atoms with Gasteiger partial charge in [0.25, 0.3) is 0 Å². The summed E-state index contributed by atoms with van der Waals surface area (Å²) in [4.78, 5) is 0. The summed E-state index contributed by atoms with van der Waals surface area (Å²) in [7, 11) is 0. The fourth-order valence-corrected chi connectivity index (χ4v) is 2.56. The Balaban J connectivity index is 1.85. The molecule has 1 N–H and O–H groups in total. The molecule has 1 saturated heterocycles. The molecule has 0 amide bonds. The summed E-state index contributed by atoms with van der Waals surface area (Å²) in [5.41, 5.74) is 0.488. The van der Waals surface area contributed by atoms with E-state index in [-0.39, 0.29) is 0 Å². The maximum absolute atomic E-state index is 5.56. The molecule has 0 bridgehead atoms. The fraction of sp³-hybridized carbons (Fsp3) is 1.00. The molecule has 1 saturated carbocycles. The van der Waals surface area contributed by atoms with Gasteiger partial charge in [-0.05, 0) is 38.5 Å². The predicted molar refractivity (Wildman–Crippen MR) is 58.4 cm³/mol. The second-order valence-electron chi connectivity index (χ2n) is 5.36. The van der Waals surface area contributed by atoms with Gasteiger partial charge in [-0.25, -0.2) is 0 Å². The molecule has 0 spiro atoms. The van der Waals surface area contributed by atoms with E-state index in [0.29, 0.717) is 17.7 Å². The van der Waals surface area contributed by atoms with Gasteiger partial charge in [-0.2, -0.15) is 0 Å². The van der Waals surface area contributed by atoms with Crippen LogP contribution in [0.1, 0.15) is 46.5 Å². The molecule has 0 aromatic carbocycles. The highest BCUT2D eigenvalue weighted by Gasteiger charge is 2.46. The molecular formula is C12H23NO. The summed E-state index contributed by atoms with van der Waals surface area (Å²) in [6.45, 7) is 7.79. The molecule has 82 valence electrons. The third kappa shape index (κ3) is 2.12. The molecule has 2 fully saturated rings. The van der Waals surface area contributed by atoms with E-state index in [1.54, 1.807) is 0 Å². The Bertz CT molecular complexity index is 198. The Labute approximate surface area is 87.4 Å². The maximum Gasteiger partial charge on any atom is 0.0561 e. The van der Waals surface area contributed by atoms with Gasteiger partial charge in [-0.3, -0.25) is 0 Å². The van der Waals surface area contributed by atoms with Crippen LogP contribution in [0.2, 0.25) is 0 Å². The number of hydrogen-bond donors (Lipinski definition) is 1. The minimum Gasteiger partial charge on any atom is -0.378 e. The van der Waals surface area contributed by atoms with E-state index >= 15 is 0 Å². The minimum atomic E-state index is 0.448. The van der Waals surface area contributed by atoms with E-state index < -0.39 is 0 Å². The molecule has 2 nitrogen and oxygen atoms in total. The van der Waals surface area contributed by atoms with Gasteiger partial charge in [0, 0.05) is 18.2 Å². The van der Waals surface area contributed by atoms with E-state index in [2.05, 4.69) is 26.1 Å². The summed E-state index contributed by atoms with van der Waals surface area (Å²) >= 11 is 0. The molecule has 1 heterocycles. The Hall–Kier alpha value is -0.0800. The zero-order chi connectivity index (χ0) is 10.2. The van der Waals surface area contributed by atoms with Crippen LogP contribution in [0.25, 0.3) is 0 Å². The van der Waals surface area contributed by atoms with Crippen molar-refractivity contribution in [3.63, 3.8) is 0 Å². The highest BCUT2D eigenvalue weighted by atomic mass is 16.5. The Morgan fingerprint density at radius 2 is 2.07 bits per heavy atom. The lowest BCUT2D eigenvalue weighted by molar-refractivity contribution is 0.00912. The Morgan fingerprint density at radius 1 is 1.36 bits per heavy atom. The van der Waals surface area contributed by atoms with E-state index in [4.69, 9.17) is 4.74 Å². The zero-order valence-corrected chi connectivity index (χ0v) is 9.68. The molecule has 0 aromatic heterocycles. The number of hydrogen-bond acceptors (Lipinski definition) is 2. The van der Waals surface area contributed by atoms with Crippen molar-refractivity contribution in [2.24, 2.45) is 5.92 Å². The number of nitrogens with one attached hydrogen (secondary N) is 1. The first kappa shape index (κ1) is 10.4. The van der Waals surface area contributed by atoms with Crippen LogP contribution in [0.4, 0.5) is 0 Å². The minimum absolute atomic E-state index is 0.448. The van der Waals surface area contributed by atoms with Gasteiger partial charge in [0.2, 0.25) is 0 Å². The van der Waals surface area contributed by atoms with Crippen molar-refractivity contribution in [2.75, 3.05) is 6.61 Å². The van der Waals surface area contributed by atoms with Crippen LogP contribution in [-0.4, -0.2) is 24.3 Å². The van der Waals surface area contributed by atoms with Crippen molar-refractivity contribution < 1.29 is 4.74 Å². The molecule has 2 atom stereocenters. The quantitative estimate of drug-likeness (QED) is 0.750. The van der Waals surface area contributed by atoms with Crippen molar-refractivity contribution in [3.05, 3.63) is 0 Å². The van der Waals surface area contributed by atoms with Crippen molar-refractivity contribution >= 4 is 0 Å².